The molecule has 6 nitrogen and oxygen atoms in total. The minimum absolute atomic E-state index is 0.0108. The second-order valence-electron chi connectivity index (χ2n) is 5.14. The summed E-state index contributed by atoms with van der Waals surface area (Å²) < 4.78 is 39.8. The first-order valence-electron chi connectivity index (χ1n) is 7.06. The molecule has 0 fully saturated rings. The van der Waals surface area contributed by atoms with Crippen LogP contribution in [0.4, 0.5) is 0 Å². The monoisotopic (exact) mass is 350 g/mol. The van der Waals surface area contributed by atoms with Crippen molar-refractivity contribution in [2.24, 2.45) is 0 Å². The van der Waals surface area contributed by atoms with E-state index in [1.54, 1.807) is 12.1 Å². The van der Waals surface area contributed by atoms with Gasteiger partial charge in [0.15, 0.2) is 11.5 Å². The molecule has 7 heteroatoms. The van der Waals surface area contributed by atoms with Crippen molar-refractivity contribution in [3.05, 3.63) is 53.1 Å². The quantitative estimate of drug-likeness (QED) is 0.609. The lowest BCUT2D eigenvalue weighted by atomic mass is 10.1. The number of ether oxygens (including phenoxy) is 2. The molecule has 0 bridgehead atoms. The van der Waals surface area contributed by atoms with Gasteiger partial charge in [-0.2, -0.15) is 8.42 Å². The lowest BCUT2D eigenvalue weighted by molar-refractivity contribution is 0.0600. The van der Waals surface area contributed by atoms with Gasteiger partial charge in [-0.3, -0.25) is 0 Å². The van der Waals surface area contributed by atoms with E-state index in [1.165, 1.54) is 38.5 Å². The molecule has 128 valence electrons. The van der Waals surface area contributed by atoms with E-state index >= 15 is 0 Å². The van der Waals surface area contributed by atoms with Gasteiger partial charge in [0.05, 0.1) is 19.8 Å². The van der Waals surface area contributed by atoms with Gasteiger partial charge in [0.25, 0.3) is 0 Å². The molecule has 0 saturated heterocycles. The second-order valence-corrected chi connectivity index (χ2v) is 6.69. The summed E-state index contributed by atoms with van der Waals surface area (Å²) in [5, 5.41) is 0. The Bertz CT molecular complexity index is 871. The number of rotatable bonds is 5. The van der Waals surface area contributed by atoms with Crippen molar-refractivity contribution in [3.8, 4) is 11.5 Å². The van der Waals surface area contributed by atoms with E-state index in [-0.39, 0.29) is 22.0 Å². The molecule has 0 unspecified atom stereocenters. The Balaban J connectivity index is 2.38. The van der Waals surface area contributed by atoms with Crippen molar-refractivity contribution in [1.82, 2.24) is 0 Å². The smallest absolute Gasteiger partial charge is 0.339 e. The zero-order valence-electron chi connectivity index (χ0n) is 13.8. The van der Waals surface area contributed by atoms with E-state index in [0.717, 1.165) is 11.1 Å². The predicted octanol–water partition coefficient (Wildman–Crippen LogP) is 2.87. The maximum Gasteiger partial charge on any atom is 0.339 e. The molecule has 0 saturated carbocycles. The number of hydrogen-bond donors (Lipinski definition) is 0. The van der Waals surface area contributed by atoms with Crippen LogP contribution >= 0.6 is 0 Å². The summed E-state index contributed by atoms with van der Waals surface area (Å²) in [5.41, 5.74) is 2.05. The first-order valence-corrected chi connectivity index (χ1v) is 8.47. The third-order valence-corrected chi connectivity index (χ3v) is 4.78. The van der Waals surface area contributed by atoms with E-state index in [9.17, 15) is 13.2 Å². The van der Waals surface area contributed by atoms with Crippen LogP contribution in [-0.4, -0.2) is 28.6 Å². The van der Waals surface area contributed by atoms with E-state index in [0.29, 0.717) is 0 Å². The number of methoxy groups -OCH3 is 2. The molecule has 0 aliphatic carbocycles. The van der Waals surface area contributed by atoms with Gasteiger partial charge in [-0.05, 0) is 55.3 Å². The summed E-state index contributed by atoms with van der Waals surface area (Å²) in [7, 11) is -1.41. The van der Waals surface area contributed by atoms with Crippen LogP contribution in [0.5, 0.6) is 11.5 Å². The van der Waals surface area contributed by atoms with Crippen molar-refractivity contribution < 1.29 is 26.9 Å². The maximum atomic E-state index is 12.4. The average Bonchev–Trinajstić information content (AvgIpc) is 2.56. The van der Waals surface area contributed by atoms with Crippen LogP contribution in [0, 0.1) is 13.8 Å². The van der Waals surface area contributed by atoms with Gasteiger partial charge in [-0.25, -0.2) is 4.79 Å². The Morgan fingerprint density at radius 2 is 1.62 bits per heavy atom. The summed E-state index contributed by atoms with van der Waals surface area (Å²) in [6.45, 7) is 3.71. The van der Waals surface area contributed by atoms with Crippen molar-refractivity contribution >= 4 is 16.1 Å². The molecule has 0 aliphatic rings. The van der Waals surface area contributed by atoms with Crippen LogP contribution in [0.1, 0.15) is 21.5 Å². The fourth-order valence-electron chi connectivity index (χ4n) is 2.02. The Kier molecular flexibility index (Phi) is 5.14. The lowest BCUT2D eigenvalue weighted by Crippen LogP contribution is -2.11. The molecule has 0 radical (unpaired) electrons. The molecule has 0 heterocycles. The first-order chi connectivity index (χ1) is 11.3. The number of hydrogen-bond acceptors (Lipinski definition) is 6. The summed E-state index contributed by atoms with van der Waals surface area (Å²) in [6, 6.07) is 8.84. The molecule has 0 aliphatic heterocycles. The molecule has 0 aromatic heterocycles. The zero-order chi connectivity index (χ0) is 17.9. The van der Waals surface area contributed by atoms with Crippen LogP contribution in [-0.2, 0) is 14.9 Å². The standard InChI is InChI=1S/C17H18O6S/c1-11-5-7-14(9-12(11)2)24(19,20)23-15-8-6-13(17(18)22-4)10-16(15)21-3/h5-10H,1-4H3. The van der Waals surface area contributed by atoms with Crippen LogP contribution in [0.25, 0.3) is 0 Å². The minimum atomic E-state index is -4.02. The van der Waals surface area contributed by atoms with E-state index < -0.39 is 16.1 Å². The Morgan fingerprint density at radius 1 is 0.917 bits per heavy atom. The summed E-state index contributed by atoms with van der Waals surface area (Å²) in [4.78, 5) is 11.6. The fraction of sp³-hybridized carbons (Fsp3) is 0.235. The molecule has 0 spiro atoms. The van der Waals surface area contributed by atoms with Crippen molar-refractivity contribution in [2.75, 3.05) is 14.2 Å². The molecule has 0 atom stereocenters. The maximum absolute atomic E-state index is 12.4. The third-order valence-electron chi connectivity index (χ3n) is 3.55. The van der Waals surface area contributed by atoms with Crippen LogP contribution in [0.15, 0.2) is 41.3 Å². The van der Waals surface area contributed by atoms with Crippen LogP contribution < -0.4 is 8.92 Å². The van der Waals surface area contributed by atoms with Gasteiger partial charge < -0.3 is 13.7 Å². The highest BCUT2D eigenvalue weighted by atomic mass is 32.2. The third kappa shape index (κ3) is 3.68. The predicted molar refractivity (Wildman–Crippen MR) is 88.1 cm³/mol. The van der Waals surface area contributed by atoms with E-state index in [2.05, 4.69) is 4.74 Å². The largest absolute Gasteiger partial charge is 0.493 e. The molecule has 0 N–H and O–H groups in total. The normalized spacial score (nSPS) is 11.0. The van der Waals surface area contributed by atoms with Crippen molar-refractivity contribution in [2.45, 2.75) is 18.7 Å². The molecule has 2 aromatic carbocycles. The first kappa shape index (κ1) is 17.8. The number of esters is 1. The minimum Gasteiger partial charge on any atom is -0.493 e. The van der Waals surface area contributed by atoms with Crippen LogP contribution in [0.3, 0.4) is 0 Å². The zero-order valence-corrected chi connectivity index (χ0v) is 14.6. The molecule has 2 rings (SSSR count). The van der Waals surface area contributed by atoms with Crippen LogP contribution in [0.2, 0.25) is 0 Å². The van der Waals surface area contributed by atoms with Gasteiger partial charge in [0.1, 0.15) is 4.90 Å². The SMILES string of the molecule is COC(=O)c1ccc(OS(=O)(=O)c2ccc(C)c(C)c2)c(OC)c1. The molecule has 24 heavy (non-hydrogen) atoms. The van der Waals surface area contributed by atoms with Crippen molar-refractivity contribution in [1.29, 1.82) is 0 Å². The van der Waals surface area contributed by atoms with Gasteiger partial charge in [-0.15, -0.1) is 0 Å². The molecule has 2 aromatic rings. The second kappa shape index (κ2) is 6.92. The van der Waals surface area contributed by atoms with Gasteiger partial charge in [0, 0.05) is 0 Å². The lowest BCUT2D eigenvalue weighted by Gasteiger charge is -2.12. The van der Waals surface area contributed by atoms with Gasteiger partial charge in [-0.1, -0.05) is 6.07 Å². The number of benzene rings is 2. The summed E-state index contributed by atoms with van der Waals surface area (Å²) in [5.74, 6) is -0.453. The highest BCUT2D eigenvalue weighted by Gasteiger charge is 2.20. The number of aryl methyl sites for hydroxylation is 2. The van der Waals surface area contributed by atoms with Gasteiger partial charge in [0.2, 0.25) is 0 Å². The molecule has 0 amide bonds. The Labute approximate surface area is 141 Å². The topological polar surface area (TPSA) is 78.9 Å². The highest BCUT2D eigenvalue weighted by molar-refractivity contribution is 7.87. The van der Waals surface area contributed by atoms with Gasteiger partial charge >= 0.3 is 16.1 Å². The van der Waals surface area contributed by atoms with E-state index in [4.69, 9.17) is 8.92 Å². The number of carbonyl (C=O) groups excluding carboxylic acids is 1. The summed E-state index contributed by atoms with van der Waals surface area (Å²) >= 11 is 0. The van der Waals surface area contributed by atoms with Crippen molar-refractivity contribution in [3.63, 3.8) is 0 Å². The fourth-order valence-corrected chi connectivity index (χ4v) is 3.04. The average molecular weight is 350 g/mol. The Morgan fingerprint density at radius 3 is 2.21 bits per heavy atom. The molecular formula is C17H18O6S. The highest BCUT2D eigenvalue weighted by Crippen LogP contribution is 2.31. The van der Waals surface area contributed by atoms with E-state index in [1.807, 2.05) is 13.8 Å². The number of carbonyl (C=O) groups is 1. The summed E-state index contributed by atoms with van der Waals surface area (Å²) in [6.07, 6.45) is 0. The Hall–Kier alpha value is -2.54. The molecular weight excluding hydrogens is 332 g/mol.